The van der Waals surface area contributed by atoms with Crippen LogP contribution < -0.4 is 9.80 Å². The molecular formula is C22H20N4O3S3. The molecule has 0 unspecified atom stereocenters. The van der Waals surface area contributed by atoms with Crippen LogP contribution in [-0.2, 0) is 16.0 Å². The molecular weight excluding hydrogens is 464 g/mol. The van der Waals surface area contributed by atoms with E-state index in [2.05, 4.69) is 16.0 Å². The highest BCUT2D eigenvalue weighted by molar-refractivity contribution is 7.29. The Morgan fingerprint density at radius 1 is 1.19 bits per heavy atom. The van der Waals surface area contributed by atoms with E-state index in [1.54, 1.807) is 22.3 Å². The Bertz CT molecular complexity index is 1310. The molecule has 10 heteroatoms. The third kappa shape index (κ3) is 3.89. The first kappa shape index (κ1) is 21.0. The predicted octanol–water partition coefficient (Wildman–Crippen LogP) is 4.60. The van der Waals surface area contributed by atoms with Crippen LogP contribution in [0.1, 0.15) is 20.2 Å². The lowest BCUT2D eigenvalue weighted by atomic mass is 10.1. The van der Waals surface area contributed by atoms with E-state index in [0.717, 1.165) is 48.6 Å². The third-order valence-electron chi connectivity index (χ3n) is 5.18. The topological polar surface area (TPSA) is 75.6 Å². The first-order valence-corrected chi connectivity index (χ1v) is 12.5. The molecule has 0 saturated heterocycles. The van der Waals surface area contributed by atoms with Gasteiger partial charge in [0.1, 0.15) is 9.71 Å². The molecule has 0 spiro atoms. The number of carbonyl (C=O) groups excluding carboxylic acids is 2. The number of rotatable bonds is 5. The molecule has 3 aromatic heterocycles. The molecule has 0 bridgehead atoms. The summed E-state index contributed by atoms with van der Waals surface area (Å²) in [5.41, 5.74) is 3.99. The Morgan fingerprint density at radius 3 is 2.75 bits per heavy atom. The normalized spacial score (nSPS) is 12.9. The summed E-state index contributed by atoms with van der Waals surface area (Å²) in [6.45, 7) is 2.28. The molecule has 0 aliphatic carbocycles. The molecule has 0 saturated carbocycles. The number of benzene rings is 1. The van der Waals surface area contributed by atoms with E-state index in [1.165, 1.54) is 22.7 Å². The summed E-state index contributed by atoms with van der Waals surface area (Å²) in [4.78, 5) is 39.2. The highest BCUT2D eigenvalue weighted by atomic mass is 32.1. The van der Waals surface area contributed by atoms with Crippen molar-refractivity contribution in [2.24, 2.45) is 0 Å². The fraction of sp³-hybridized carbons (Fsp3) is 0.273. The van der Waals surface area contributed by atoms with Crippen LogP contribution in [0.5, 0.6) is 0 Å². The Kier molecular flexibility index (Phi) is 5.44. The van der Waals surface area contributed by atoms with Gasteiger partial charge in [0.15, 0.2) is 11.7 Å². The van der Waals surface area contributed by atoms with Crippen molar-refractivity contribution in [2.75, 3.05) is 37.0 Å². The first-order chi connectivity index (χ1) is 15.4. The second-order valence-corrected chi connectivity index (χ2v) is 10.7. The van der Waals surface area contributed by atoms with E-state index >= 15 is 0 Å². The van der Waals surface area contributed by atoms with E-state index in [1.807, 2.05) is 43.4 Å². The average molecular weight is 485 g/mol. The number of hydrogen-bond acceptors (Lipinski definition) is 9. The van der Waals surface area contributed by atoms with Gasteiger partial charge in [-0.25, -0.2) is 14.8 Å². The standard InChI is InChI=1S/C22H20N4O3S3/c1-12-23-15(11-30-12)13-4-5-16-14(8-13)6-7-26(16)19(27)10-29-21(28)18-9-17-20(31-18)24-22(32-17)25(2)3/h4-5,8-9,11H,6-7,10H2,1-3H3. The summed E-state index contributed by atoms with van der Waals surface area (Å²) >= 11 is 4.43. The van der Waals surface area contributed by atoms with Gasteiger partial charge in [0, 0.05) is 37.3 Å². The lowest BCUT2D eigenvalue weighted by molar-refractivity contribution is -0.121. The number of esters is 1. The minimum atomic E-state index is -0.492. The van der Waals surface area contributed by atoms with E-state index in [9.17, 15) is 9.59 Å². The van der Waals surface area contributed by atoms with E-state index < -0.39 is 5.97 Å². The summed E-state index contributed by atoms with van der Waals surface area (Å²) in [6, 6.07) is 7.81. The first-order valence-electron chi connectivity index (χ1n) is 9.99. The highest BCUT2D eigenvalue weighted by Gasteiger charge is 2.26. The second kappa shape index (κ2) is 8.27. The van der Waals surface area contributed by atoms with Crippen molar-refractivity contribution in [2.45, 2.75) is 13.3 Å². The number of thiophene rings is 1. The van der Waals surface area contributed by atoms with Crippen molar-refractivity contribution in [3.63, 3.8) is 0 Å². The molecule has 1 aliphatic rings. The minimum absolute atomic E-state index is 0.222. The van der Waals surface area contributed by atoms with Crippen molar-refractivity contribution in [3.8, 4) is 11.3 Å². The fourth-order valence-electron chi connectivity index (χ4n) is 3.61. The molecule has 0 radical (unpaired) electrons. The molecule has 1 aliphatic heterocycles. The average Bonchev–Trinajstić information content (AvgIpc) is 3.53. The SMILES string of the molecule is Cc1nc(-c2ccc3c(c2)CCN3C(=O)COC(=O)c2cc3sc(N(C)C)nc3s2)cs1. The van der Waals surface area contributed by atoms with Gasteiger partial charge in [-0.2, -0.15) is 0 Å². The number of nitrogens with zero attached hydrogens (tertiary/aromatic N) is 4. The molecule has 0 fully saturated rings. The number of hydrogen-bond donors (Lipinski definition) is 0. The summed E-state index contributed by atoms with van der Waals surface area (Å²) < 4.78 is 6.27. The quantitative estimate of drug-likeness (QED) is 0.385. The van der Waals surface area contributed by atoms with E-state index in [0.29, 0.717) is 11.4 Å². The molecule has 164 valence electrons. The number of thiazole rings is 2. The zero-order chi connectivity index (χ0) is 22.4. The van der Waals surface area contributed by atoms with Gasteiger partial charge in [-0.1, -0.05) is 17.4 Å². The summed E-state index contributed by atoms with van der Waals surface area (Å²) in [5, 5.41) is 3.96. The van der Waals surface area contributed by atoms with Crippen LogP contribution in [0.3, 0.4) is 0 Å². The Hall–Kier alpha value is -2.82. The second-order valence-electron chi connectivity index (χ2n) is 7.64. The lowest BCUT2D eigenvalue weighted by Crippen LogP contribution is -2.33. The maximum atomic E-state index is 12.8. The van der Waals surface area contributed by atoms with E-state index in [-0.39, 0.29) is 12.5 Å². The summed E-state index contributed by atoms with van der Waals surface area (Å²) in [6.07, 6.45) is 0.771. The molecule has 1 aromatic carbocycles. The van der Waals surface area contributed by atoms with Crippen molar-refractivity contribution in [1.82, 2.24) is 9.97 Å². The summed E-state index contributed by atoms with van der Waals surface area (Å²) in [5.74, 6) is -0.714. The molecule has 4 aromatic rings. The lowest BCUT2D eigenvalue weighted by Gasteiger charge is -2.17. The zero-order valence-electron chi connectivity index (χ0n) is 17.7. The number of anilines is 2. The van der Waals surface area contributed by atoms with Crippen LogP contribution in [0, 0.1) is 6.92 Å². The van der Waals surface area contributed by atoms with Gasteiger partial charge in [-0.3, -0.25) is 4.79 Å². The third-order valence-corrected chi connectivity index (χ3v) is 8.26. The van der Waals surface area contributed by atoms with Crippen molar-refractivity contribution >= 4 is 66.2 Å². The van der Waals surface area contributed by atoms with Crippen LogP contribution in [0.25, 0.3) is 20.8 Å². The molecule has 4 heterocycles. The summed E-state index contributed by atoms with van der Waals surface area (Å²) in [7, 11) is 3.86. The zero-order valence-corrected chi connectivity index (χ0v) is 20.2. The monoisotopic (exact) mass is 484 g/mol. The van der Waals surface area contributed by atoms with Gasteiger partial charge in [-0.05, 0) is 37.1 Å². The minimum Gasteiger partial charge on any atom is -0.451 e. The van der Waals surface area contributed by atoms with Gasteiger partial charge in [-0.15, -0.1) is 22.7 Å². The number of carbonyl (C=O) groups is 2. The number of aromatic nitrogens is 2. The van der Waals surface area contributed by atoms with E-state index in [4.69, 9.17) is 4.74 Å². The maximum Gasteiger partial charge on any atom is 0.348 e. The Balaban J connectivity index is 1.24. The van der Waals surface area contributed by atoms with Gasteiger partial charge in [0.25, 0.3) is 5.91 Å². The van der Waals surface area contributed by atoms with Gasteiger partial charge >= 0.3 is 5.97 Å². The van der Waals surface area contributed by atoms with Crippen LogP contribution >= 0.6 is 34.0 Å². The molecule has 0 atom stereocenters. The number of amides is 1. The van der Waals surface area contributed by atoms with Gasteiger partial charge in [0.2, 0.25) is 0 Å². The Labute approximate surface area is 196 Å². The van der Waals surface area contributed by atoms with Gasteiger partial charge < -0.3 is 14.5 Å². The van der Waals surface area contributed by atoms with Gasteiger partial charge in [0.05, 0.1) is 15.4 Å². The van der Waals surface area contributed by atoms with Crippen LogP contribution in [0.15, 0.2) is 29.6 Å². The highest BCUT2D eigenvalue weighted by Crippen LogP contribution is 2.35. The number of aryl methyl sites for hydroxylation is 1. The molecule has 7 nitrogen and oxygen atoms in total. The predicted molar refractivity (Wildman–Crippen MR) is 130 cm³/mol. The number of ether oxygens (including phenoxy) is 1. The van der Waals surface area contributed by atoms with Crippen molar-refractivity contribution in [3.05, 3.63) is 45.1 Å². The van der Waals surface area contributed by atoms with Crippen LogP contribution in [0.4, 0.5) is 10.8 Å². The molecule has 0 N–H and O–H groups in total. The number of fused-ring (bicyclic) bond motifs is 2. The maximum absolute atomic E-state index is 12.8. The molecule has 32 heavy (non-hydrogen) atoms. The molecule has 5 rings (SSSR count). The molecule has 1 amide bonds. The van der Waals surface area contributed by atoms with Crippen molar-refractivity contribution in [1.29, 1.82) is 0 Å². The smallest absolute Gasteiger partial charge is 0.348 e. The van der Waals surface area contributed by atoms with Crippen LogP contribution in [-0.4, -0.2) is 49.1 Å². The largest absolute Gasteiger partial charge is 0.451 e. The van der Waals surface area contributed by atoms with Crippen molar-refractivity contribution < 1.29 is 14.3 Å². The fourth-order valence-corrected chi connectivity index (χ4v) is 6.26. The Morgan fingerprint density at radius 2 is 2.03 bits per heavy atom. The van der Waals surface area contributed by atoms with Crippen LogP contribution in [0.2, 0.25) is 0 Å².